The van der Waals surface area contributed by atoms with E-state index in [1.165, 1.54) is 6.92 Å². The molecule has 2 heterocycles. The highest BCUT2D eigenvalue weighted by molar-refractivity contribution is 5.73. The number of carbonyl (C=O) groups is 2. The first-order chi connectivity index (χ1) is 18.7. The smallest absolute Gasteiger partial charge is 0.335 e. The van der Waals surface area contributed by atoms with Crippen LogP contribution in [0, 0.1) is 0 Å². The van der Waals surface area contributed by atoms with Gasteiger partial charge >= 0.3 is 5.97 Å². The first kappa shape index (κ1) is 31.1. The van der Waals surface area contributed by atoms with Crippen LogP contribution in [-0.4, -0.2) is 112 Å². The monoisotopic (exact) mass is 555 g/mol. The lowest BCUT2D eigenvalue weighted by atomic mass is 9.95. The van der Waals surface area contributed by atoms with Gasteiger partial charge in [-0.2, -0.15) is 0 Å². The zero-order valence-electron chi connectivity index (χ0n) is 21.6. The van der Waals surface area contributed by atoms with Crippen molar-refractivity contribution in [1.82, 2.24) is 5.32 Å². The van der Waals surface area contributed by atoms with Crippen LogP contribution in [0.2, 0.25) is 0 Å². The van der Waals surface area contributed by atoms with Gasteiger partial charge in [-0.05, 0) is 18.4 Å². The van der Waals surface area contributed by atoms with Gasteiger partial charge in [-0.3, -0.25) is 4.79 Å². The van der Waals surface area contributed by atoms with Crippen molar-refractivity contribution in [3.05, 3.63) is 48.6 Å². The third kappa shape index (κ3) is 8.03. The summed E-state index contributed by atoms with van der Waals surface area (Å²) in [5, 5.41) is 53.1. The second kappa shape index (κ2) is 14.8. The van der Waals surface area contributed by atoms with Crippen LogP contribution in [0.25, 0.3) is 0 Å². The van der Waals surface area contributed by atoms with E-state index in [2.05, 4.69) is 11.9 Å². The molecule has 0 unspecified atom stereocenters. The molecule has 3 rings (SSSR count). The molecular formula is C26H37NO12. The molecule has 0 aromatic heterocycles. The predicted octanol–water partition coefficient (Wildman–Crippen LogP) is -0.946. The van der Waals surface area contributed by atoms with E-state index >= 15 is 0 Å². The van der Waals surface area contributed by atoms with E-state index in [9.17, 15) is 35.1 Å². The molecule has 2 aliphatic heterocycles. The predicted molar refractivity (Wildman–Crippen MR) is 133 cm³/mol. The summed E-state index contributed by atoms with van der Waals surface area (Å²) >= 11 is 0. The number of nitrogens with one attached hydrogen (secondary N) is 1. The number of benzene rings is 1. The maximum Gasteiger partial charge on any atom is 0.335 e. The standard InChI is InChI=1S/C26H37NO12/c1-3-4-8-11-35-25-17(27-14(2)29)22(36-13-15-9-6-5-7-10-15)21(16(12-28)37-25)38-26-20(32)18(30)19(31)23(39-26)24(33)34/h3,5-7,9-10,16-23,25-26,28,30-32H,1,4,8,11-13H2,2H3,(H,27,29)(H,33,34)/t16-,17-,18+,19+,20-,21-,22-,23+,25-,26-/m1/s1. The number of allylic oxidation sites excluding steroid dienone is 1. The Balaban J connectivity index is 1.92. The first-order valence-electron chi connectivity index (χ1n) is 12.7. The van der Waals surface area contributed by atoms with Crippen LogP contribution in [-0.2, 0) is 39.9 Å². The number of amides is 1. The minimum absolute atomic E-state index is 0.0515. The molecular weight excluding hydrogens is 518 g/mol. The highest BCUT2D eigenvalue weighted by Gasteiger charge is 2.53. The van der Waals surface area contributed by atoms with Gasteiger partial charge in [-0.1, -0.05) is 36.4 Å². The zero-order valence-corrected chi connectivity index (χ0v) is 21.6. The number of ether oxygens (including phenoxy) is 5. The number of carboxylic acid groups (broad SMARTS) is 1. The molecule has 2 saturated heterocycles. The van der Waals surface area contributed by atoms with Crippen LogP contribution in [0.3, 0.4) is 0 Å². The third-order valence-corrected chi connectivity index (χ3v) is 6.42. The zero-order chi connectivity index (χ0) is 28.5. The molecule has 10 atom stereocenters. The Labute approximate surface area is 225 Å². The van der Waals surface area contributed by atoms with Gasteiger partial charge in [0.05, 0.1) is 19.8 Å². The van der Waals surface area contributed by atoms with Gasteiger partial charge < -0.3 is 54.5 Å². The van der Waals surface area contributed by atoms with Gasteiger partial charge in [0.1, 0.15) is 42.7 Å². The lowest BCUT2D eigenvalue weighted by Gasteiger charge is -2.48. The summed E-state index contributed by atoms with van der Waals surface area (Å²) in [6.07, 6.45) is -10.8. The molecule has 0 saturated carbocycles. The molecule has 2 aliphatic rings. The molecule has 0 radical (unpaired) electrons. The number of carboxylic acids is 1. The average Bonchev–Trinajstić information content (AvgIpc) is 2.91. The van der Waals surface area contributed by atoms with Gasteiger partial charge in [-0.15, -0.1) is 6.58 Å². The van der Waals surface area contributed by atoms with E-state index in [0.29, 0.717) is 12.8 Å². The normalized spacial score (nSPS) is 34.8. The molecule has 218 valence electrons. The molecule has 2 fully saturated rings. The lowest BCUT2D eigenvalue weighted by molar-refractivity contribution is -0.347. The molecule has 13 nitrogen and oxygen atoms in total. The first-order valence-corrected chi connectivity index (χ1v) is 12.7. The van der Waals surface area contributed by atoms with E-state index in [-0.39, 0.29) is 13.2 Å². The van der Waals surface area contributed by atoms with Gasteiger partial charge in [0.15, 0.2) is 18.7 Å². The Morgan fingerprint density at radius 2 is 1.74 bits per heavy atom. The van der Waals surface area contributed by atoms with Crippen LogP contribution in [0.1, 0.15) is 25.3 Å². The fourth-order valence-corrected chi connectivity index (χ4v) is 4.46. The van der Waals surface area contributed by atoms with Crippen LogP contribution in [0.15, 0.2) is 43.0 Å². The van der Waals surface area contributed by atoms with Gasteiger partial charge in [0.25, 0.3) is 0 Å². The Morgan fingerprint density at radius 3 is 2.36 bits per heavy atom. The fraction of sp³-hybridized carbons (Fsp3) is 0.615. The second-order valence-electron chi connectivity index (χ2n) is 9.35. The Hall–Kier alpha value is -2.46. The Morgan fingerprint density at radius 1 is 1.03 bits per heavy atom. The SMILES string of the molecule is C=CCCCO[C@@H]1O[C@H](CO)[C@@H](O[C@@H]2O[C@H](C(=O)O)[C@@H](O)[C@H](O)[C@H]2O)[C@H](OCc2ccccc2)[C@H]1NC(C)=O. The number of aliphatic hydroxyl groups excluding tert-OH is 4. The molecule has 0 spiro atoms. The number of carbonyl (C=O) groups excluding carboxylic acids is 1. The van der Waals surface area contributed by atoms with Crippen LogP contribution < -0.4 is 5.32 Å². The van der Waals surface area contributed by atoms with Crippen molar-refractivity contribution in [2.45, 2.75) is 87.7 Å². The molecule has 1 aromatic carbocycles. The van der Waals surface area contributed by atoms with Crippen molar-refractivity contribution in [3.63, 3.8) is 0 Å². The van der Waals surface area contributed by atoms with Crippen LogP contribution in [0.5, 0.6) is 0 Å². The summed E-state index contributed by atoms with van der Waals surface area (Å²) < 4.78 is 29.2. The minimum atomic E-state index is -1.92. The van der Waals surface area contributed by atoms with Gasteiger partial charge in [0.2, 0.25) is 5.91 Å². The maximum absolute atomic E-state index is 12.2. The molecule has 39 heavy (non-hydrogen) atoms. The van der Waals surface area contributed by atoms with Crippen LogP contribution in [0.4, 0.5) is 0 Å². The molecule has 0 aliphatic carbocycles. The molecule has 1 amide bonds. The lowest BCUT2D eigenvalue weighted by Crippen LogP contribution is -2.68. The summed E-state index contributed by atoms with van der Waals surface area (Å²) in [6.45, 7) is 4.66. The molecule has 6 N–H and O–H groups in total. The van der Waals surface area contributed by atoms with Crippen molar-refractivity contribution in [2.24, 2.45) is 0 Å². The third-order valence-electron chi connectivity index (χ3n) is 6.42. The number of hydrogen-bond donors (Lipinski definition) is 6. The topological polar surface area (TPSA) is 193 Å². The highest BCUT2D eigenvalue weighted by atomic mass is 16.7. The van der Waals surface area contributed by atoms with E-state index in [4.69, 9.17) is 23.7 Å². The highest BCUT2D eigenvalue weighted by Crippen LogP contribution is 2.32. The van der Waals surface area contributed by atoms with Crippen molar-refractivity contribution >= 4 is 11.9 Å². The largest absolute Gasteiger partial charge is 0.479 e. The fourth-order valence-electron chi connectivity index (χ4n) is 4.46. The summed E-state index contributed by atoms with van der Waals surface area (Å²) in [5.41, 5.74) is 0.784. The number of rotatable bonds is 13. The summed E-state index contributed by atoms with van der Waals surface area (Å²) in [7, 11) is 0. The summed E-state index contributed by atoms with van der Waals surface area (Å²) in [5.74, 6) is -2.02. The Kier molecular flexibility index (Phi) is 11.8. The molecule has 13 heteroatoms. The number of unbranched alkanes of at least 4 members (excludes halogenated alkanes) is 1. The quantitative estimate of drug-likeness (QED) is 0.129. The second-order valence-corrected chi connectivity index (χ2v) is 9.35. The number of aliphatic carboxylic acids is 1. The van der Waals surface area contributed by atoms with Crippen molar-refractivity contribution in [1.29, 1.82) is 0 Å². The van der Waals surface area contributed by atoms with E-state index in [1.54, 1.807) is 6.08 Å². The van der Waals surface area contributed by atoms with Crippen molar-refractivity contribution < 1.29 is 58.8 Å². The van der Waals surface area contributed by atoms with Gasteiger partial charge in [0, 0.05) is 6.92 Å². The van der Waals surface area contributed by atoms with Gasteiger partial charge in [-0.25, -0.2) is 4.79 Å². The van der Waals surface area contributed by atoms with E-state index < -0.39 is 79.8 Å². The summed E-state index contributed by atoms with van der Waals surface area (Å²) in [4.78, 5) is 23.7. The summed E-state index contributed by atoms with van der Waals surface area (Å²) in [6, 6.07) is 8.13. The van der Waals surface area contributed by atoms with Crippen molar-refractivity contribution in [3.8, 4) is 0 Å². The number of aliphatic hydroxyl groups is 4. The van der Waals surface area contributed by atoms with Crippen LogP contribution >= 0.6 is 0 Å². The molecule has 0 bridgehead atoms. The maximum atomic E-state index is 12.2. The van der Waals surface area contributed by atoms with E-state index in [1.807, 2.05) is 30.3 Å². The molecule has 1 aromatic rings. The average molecular weight is 556 g/mol. The van der Waals surface area contributed by atoms with Crippen molar-refractivity contribution in [2.75, 3.05) is 13.2 Å². The van der Waals surface area contributed by atoms with E-state index in [0.717, 1.165) is 5.56 Å². The Bertz CT molecular complexity index is 933. The minimum Gasteiger partial charge on any atom is -0.479 e. The number of hydrogen-bond acceptors (Lipinski definition) is 11.